The summed E-state index contributed by atoms with van der Waals surface area (Å²) >= 11 is 0. The van der Waals surface area contributed by atoms with E-state index in [1.54, 1.807) is 0 Å². The number of hydrogen-bond acceptors (Lipinski definition) is 4. The van der Waals surface area contributed by atoms with Gasteiger partial charge in [-0.1, -0.05) is 19.3 Å². The van der Waals surface area contributed by atoms with E-state index in [1.807, 2.05) is 11.7 Å². The van der Waals surface area contributed by atoms with E-state index in [0.717, 1.165) is 32.5 Å². The first-order chi connectivity index (χ1) is 10.6. The average Bonchev–Trinajstić information content (AvgIpc) is 2.89. The van der Waals surface area contributed by atoms with Gasteiger partial charge in [0.25, 0.3) is 0 Å². The maximum atomic E-state index is 9.53. The van der Waals surface area contributed by atoms with Gasteiger partial charge < -0.3 is 10.8 Å². The Kier molecular flexibility index (Phi) is 4.85. The van der Waals surface area contributed by atoms with Gasteiger partial charge in [-0.25, -0.2) is 0 Å². The van der Waals surface area contributed by atoms with Crippen LogP contribution in [0.25, 0.3) is 0 Å². The summed E-state index contributed by atoms with van der Waals surface area (Å²) in [5.41, 5.74) is 8.51. The van der Waals surface area contributed by atoms with Crippen molar-refractivity contribution in [2.24, 2.45) is 12.8 Å². The minimum absolute atomic E-state index is 0.0754. The van der Waals surface area contributed by atoms with Gasteiger partial charge in [-0.15, -0.1) is 0 Å². The summed E-state index contributed by atoms with van der Waals surface area (Å²) in [6.07, 6.45) is 10.8. The normalized spacial score (nSPS) is 28.1. The predicted molar refractivity (Wildman–Crippen MR) is 87.5 cm³/mol. The second kappa shape index (κ2) is 6.69. The maximum absolute atomic E-state index is 9.53. The van der Waals surface area contributed by atoms with Crippen molar-refractivity contribution in [2.45, 2.75) is 62.9 Å². The van der Waals surface area contributed by atoms with Crippen molar-refractivity contribution in [2.75, 3.05) is 19.7 Å². The summed E-state index contributed by atoms with van der Waals surface area (Å²) in [5, 5.41) is 14.3. The van der Waals surface area contributed by atoms with Gasteiger partial charge in [0.2, 0.25) is 0 Å². The Morgan fingerprint density at radius 1 is 1.32 bits per heavy atom. The Hall–Kier alpha value is -0.910. The molecule has 3 N–H and O–H groups in total. The van der Waals surface area contributed by atoms with Crippen LogP contribution in [-0.2, 0) is 13.6 Å². The molecular formula is C17H30N4O. The summed E-state index contributed by atoms with van der Waals surface area (Å²) < 4.78 is 1.96. The molecule has 2 heterocycles. The van der Waals surface area contributed by atoms with Crippen LogP contribution in [0.2, 0.25) is 0 Å². The van der Waals surface area contributed by atoms with Crippen LogP contribution in [-0.4, -0.2) is 45.0 Å². The van der Waals surface area contributed by atoms with E-state index in [1.165, 1.54) is 43.4 Å². The lowest BCUT2D eigenvalue weighted by molar-refractivity contribution is 0.0899. The Labute approximate surface area is 133 Å². The molecule has 1 aromatic heterocycles. The third-order valence-corrected chi connectivity index (χ3v) is 5.33. The molecule has 5 nitrogen and oxygen atoms in total. The van der Waals surface area contributed by atoms with Crippen molar-refractivity contribution >= 4 is 0 Å². The third-order valence-electron chi connectivity index (χ3n) is 5.33. The van der Waals surface area contributed by atoms with Crippen LogP contribution in [0, 0.1) is 0 Å². The zero-order valence-corrected chi connectivity index (χ0v) is 13.8. The Bertz CT molecular complexity index is 495. The fourth-order valence-corrected chi connectivity index (χ4v) is 4.16. The summed E-state index contributed by atoms with van der Waals surface area (Å²) in [6, 6.07) is 0. The molecule has 0 bridgehead atoms. The summed E-state index contributed by atoms with van der Waals surface area (Å²) in [7, 11) is 2.02. The third kappa shape index (κ3) is 3.53. The zero-order chi connectivity index (χ0) is 15.6. The summed E-state index contributed by atoms with van der Waals surface area (Å²) in [6.45, 7) is 2.84. The van der Waals surface area contributed by atoms with Crippen LogP contribution in [0.5, 0.6) is 0 Å². The van der Waals surface area contributed by atoms with Crippen LogP contribution < -0.4 is 5.73 Å². The molecule has 22 heavy (non-hydrogen) atoms. The molecule has 2 aliphatic rings. The van der Waals surface area contributed by atoms with Gasteiger partial charge in [-0.05, 0) is 32.2 Å². The van der Waals surface area contributed by atoms with Gasteiger partial charge in [0.1, 0.15) is 0 Å². The molecule has 1 saturated carbocycles. The second-order valence-electron chi connectivity index (χ2n) is 7.38. The first-order valence-corrected chi connectivity index (χ1v) is 8.74. The molecule has 0 radical (unpaired) electrons. The van der Waals surface area contributed by atoms with Gasteiger partial charge in [0.15, 0.2) is 0 Å². The minimum atomic E-state index is -0.425. The van der Waals surface area contributed by atoms with Crippen molar-refractivity contribution in [3.05, 3.63) is 17.5 Å². The van der Waals surface area contributed by atoms with Crippen LogP contribution in [0.1, 0.15) is 62.1 Å². The van der Waals surface area contributed by atoms with E-state index in [4.69, 9.17) is 10.8 Å². The van der Waals surface area contributed by atoms with E-state index in [-0.39, 0.29) is 6.61 Å². The zero-order valence-electron chi connectivity index (χ0n) is 13.8. The highest BCUT2D eigenvalue weighted by Gasteiger charge is 2.32. The smallest absolute Gasteiger partial charge is 0.0700 e. The number of aryl methyl sites for hydroxylation is 1. The Balaban J connectivity index is 1.72. The van der Waals surface area contributed by atoms with Crippen LogP contribution >= 0.6 is 0 Å². The Morgan fingerprint density at radius 3 is 2.82 bits per heavy atom. The quantitative estimate of drug-likeness (QED) is 0.889. The van der Waals surface area contributed by atoms with Crippen LogP contribution in [0.3, 0.4) is 0 Å². The molecule has 0 aromatic carbocycles. The minimum Gasteiger partial charge on any atom is -0.394 e. The van der Waals surface area contributed by atoms with Crippen molar-refractivity contribution in [3.8, 4) is 0 Å². The fourth-order valence-electron chi connectivity index (χ4n) is 4.16. The van der Waals surface area contributed by atoms with Crippen LogP contribution in [0.4, 0.5) is 0 Å². The van der Waals surface area contributed by atoms with Gasteiger partial charge in [0, 0.05) is 37.8 Å². The van der Waals surface area contributed by atoms with Crippen molar-refractivity contribution in [1.82, 2.24) is 14.7 Å². The SMILES string of the molecule is Cn1cc(CN2CCCC(N)(CO)C2)c(C2CCCCC2)n1. The average molecular weight is 306 g/mol. The standard InChI is InChI=1S/C17H30N4O/c1-20-10-15(16(19-20)14-6-3-2-4-7-14)11-21-9-5-8-17(18,12-21)13-22/h10,14,22H,2-9,11-13,18H2,1H3. The van der Waals surface area contributed by atoms with E-state index in [2.05, 4.69) is 11.1 Å². The molecule has 5 heteroatoms. The first-order valence-electron chi connectivity index (χ1n) is 8.74. The van der Waals surface area contributed by atoms with E-state index in [9.17, 15) is 5.11 Å². The topological polar surface area (TPSA) is 67.3 Å². The molecular weight excluding hydrogens is 276 g/mol. The number of hydrogen-bond donors (Lipinski definition) is 2. The lowest BCUT2D eigenvalue weighted by Gasteiger charge is -2.39. The Morgan fingerprint density at radius 2 is 2.09 bits per heavy atom. The summed E-state index contributed by atoms with van der Waals surface area (Å²) in [4.78, 5) is 2.39. The first kappa shape index (κ1) is 16.0. The molecule has 1 aliphatic carbocycles. The summed E-state index contributed by atoms with van der Waals surface area (Å²) in [5.74, 6) is 0.634. The largest absolute Gasteiger partial charge is 0.394 e. The van der Waals surface area contributed by atoms with Crippen molar-refractivity contribution in [3.63, 3.8) is 0 Å². The van der Waals surface area contributed by atoms with E-state index >= 15 is 0 Å². The molecule has 1 saturated heterocycles. The molecule has 1 unspecified atom stereocenters. The fraction of sp³-hybridized carbons (Fsp3) is 0.824. The highest BCUT2D eigenvalue weighted by molar-refractivity contribution is 5.22. The highest BCUT2D eigenvalue weighted by atomic mass is 16.3. The lowest BCUT2D eigenvalue weighted by Crippen LogP contribution is -2.56. The molecule has 124 valence electrons. The number of aliphatic hydroxyl groups is 1. The van der Waals surface area contributed by atoms with Crippen LogP contribution in [0.15, 0.2) is 6.20 Å². The predicted octanol–water partition coefficient (Wildman–Crippen LogP) is 1.75. The molecule has 1 aromatic rings. The molecule has 3 rings (SSSR count). The number of aromatic nitrogens is 2. The number of aliphatic hydroxyl groups excluding tert-OH is 1. The number of piperidine rings is 1. The monoisotopic (exact) mass is 306 g/mol. The van der Waals surface area contributed by atoms with Crippen molar-refractivity contribution < 1.29 is 5.11 Å². The molecule has 1 aliphatic heterocycles. The number of nitrogens with zero attached hydrogens (tertiary/aromatic N) is 3. The van der Waals surface area contributed by atoms with Gasteiger partial charge in [-0.2, -0.15) is 5.10 Å². The van der Waals surface area contributed by atoms with Gasteiger partial charge >= 0.3 is 0 Å². The highest BCUT2D eigenvalue weighted by Crippen LogP contribution is 2.34. The molecule has 0 spiro atoms. The second-order valence-corrected chi connectivity index (χ2v) is 7.38. The molecule has 1 atom stereocenters. The number of nitrogens with two attached hydrogens (primary N) is 1. The van der Waals surface area contributed by atoms with Gasteiger partial charge in [0.05, 0.1) is 17.8 Å². The van der Waals surface area contributed by atoms with E-state index < -0.39 is 5.54 Å². The maximum Gasteiger partial charge on any atom is 0.0700 e. The molecule has 2 fully saturated rings. The van der Waals surface area contributed by atoms with E-state index in [0.29, 0.717) is 5.92 Å². The molecule has 0 amide bonds. The van der Waals surface area contributed by atoms with Gasteiger partial charge in [-0.3, -0.25) is 9.58 Å². The van der Waals surface area contributed by atoms with Crippen molar-refractivity contribution in [1.29, 1.82) is 0 Å². The lowest BCUT2D eigenvalue weighted by atomic mass is 9.85. The number of rotatable bonds is 4. The number of likely N-dealkylation sites (tertiary alicyclic amines) is 1.